The first kappa shape index (κ1) is 7.03. The zero-order valence-electron chi connectivity index (χ0n) is 6.31. The smallest absolute Gasteiger partial charge is 0.0753 e. The number of aliphatic hydroxyl groups excluding tert-OH is 1. The van der Waals surface area contributed by atoms with E-state index in [1.807, 2.05) is 6.92 Å². The minimum absolute atomic E-state index is 0.0689. The third-order valence-electron chi connectivity index (χ3n) is 2.15. The first-order valence-electron chi connectivity index (χ1n) is 3.45. The summed E-state index contributed by atoms with van der Waals surface area (Å²) in [5.41, 5.74) is 0.0689. The van der Waals surface area contributed by atoms with Crippen LogP contribution in [0.1, 0.15) is 20.8 Å². The van der Waals surface area contributed by atoms with Gasteiger partial charge in [-0.1, -0.05) is 13.8 Å². The average molecular weight is 129 g/mol. The van der Waals surface area contributed by atoms with E-state index in [1.54, 1.807) is 0 Å². The predicted octanol–water partition coefficient (Wildman–Crippen LogP) is 0.365. The minimum Gasteiger partial charge on any atom is -0.391 e. The lowest BCUT2D eigenvalue weighted by Crippen LogP contribution is -2.31. The molecule has 1 saturated heterocycles. The molecule has 2 nitrogen and oxygen atoms in total. The van der Waals surface area contributed by atoms with Crippen molar-refractivity contribution in [3.8, 4) is 0 Å². The normalized spacial score (nSPS) is 41.3. The van der Waals surface area contributed by atoms with Crippen LogP contribution in [0.4, 0.5) is 0 Å². The van der Waals surface area contributed by atoms with Gasteiger partial charge in [0.25, 0.3) is 0 Å². The maximum absolute atomic E-state index is 9.46. The van der Waals surface area contributed by atoms with Gasteiger partial charge < -0.3 is 10.4 Å². The fourth-order valence-electron chi connectivity index (χ4n) is 1.32. The summed E-state index contributed by atoms with van der Waals surface area (Å²) in [6.07, 6.45) is -0.183. The fourth-order valence-corrected chi connectivity index (χ4v) is 1.32. The Hall–Kier alpha value is -0.0800. The molecule has 1 aliphatic rings. The van der Waals surface area contributed by atoms with Crippen molar-refractivity contribution in [2.45, 2.75) is 32.9 Å². The van der Waals surface area contributed by atoms with Crippen LogP contribution in [0.3, 0.4) is 0 Å². The molecular weight excluding hydrogens is 114 g/mol. The van der Waals surface area contributed by atoms with Crippen LogP contribution in [0.25, 0.3) is 0 Å². The van der Waals surface area contributed by atoms with Crippen LogP contribution in [-0.2, 0) is 0 Å². The molecule has 1 heterocycles. The quantitative estimate of drug-likeness (QED) is 0.495. The molecule has 9 heavy (non-hydrogen) atoms. The largest absolute Gasteiger partial charge is 0.391 e. The highest BCUT2D eigenvalue weighted by Crippen LogP contribution is 2.27. The molecule has 0 bridgehead atoms. The van der Waals surface area contributed by atoms with E-state index >= 15 is 0 Å². The molecule has 0 spiro atoms. The lowest BCUT2D eigenvalue weighted by molar-refractivity contribution is 0.0759. The molecule has 0 amide bonds. The van der Waals surface area contributed by atoms with Gasteiger partial charge in [-0.15, -0.1) is 0 Å². The van der Waals surface area contributed by atoms with Crippen LogP contribution in [0.2, 0.25) is 0 Å². The van der Waals surface area contributed by atoms with Gasteiger partial charge in [-0.3, -0.25) is 0 Å². The summed E-state index contributed by atoms with van der Waals surface area (Å²) in [5, 5.41) is 12.7. The zero-order valence-corrected chi connectivity index (χ0v) is 6.31. The predicted molar refractivity (Wildman–Crippen MR) is 37.3 cm³/mol. The van der Waals surface area contributed by atoms with Gasteiger partial charge in [-0.2, -0.15) is 0 Å². The Labute approximate surface area is 56.3 Å². The summed E-state index contributed by atoms with van der Waals surface area (Å²) in [5.74, 6) is 0. The van der Waals surface area contributed by atoms with Crippen molar-refractivity contribution in [2.75, 3.05) is 6.54 Å². The van der Waals surface area contributed by atoms with E-state index in [0.29, 0.717) is 0 Å². The van der Waals surface area contributed by atoms with Gasteiger partial charge in [-0.25, -0.2) is 0 Å². The Kier molecular flexibility index (Phi) is 1.53. The van der Waals surface area contributed by atoms with E-state index in [0.717, 1.165) is 6.54 Å². The average Bonchev–Trinajstić information content (AvgIpc) is 1.97. The zero-order chi connectivity index (χ0) is 7.07. The Bertz CT molecular complexity index is 111. The molecule has 0 aromatic rings. The van der Waals surface area contributed by atoms with Crippen molar-refractivity contribution >= 4 is 0 Å². The molecule has 0 aromatic heterocycles. The van der Waals surface area contributed by atoms with Gasteiger partial charge in [0.15, 0.2) is 0 Å². The molecule has 1 fully saturated rings. The van der Waals surface area contributed by atoms with Gasteiger partial charge in [0, 0.05) is 18.0 Å². The van der Waals surface area contributed by atoms with Crippen LogP contribution in [0, 0.1) is 5.41 Å². The SMILES string of the molecule is C[C@H]1NCC(C)(C)[C@@H]1O. The van der Waals surface area contributed by atoms with Crippen LogP contribution >= 0.6 is 0 Å². The Morgan fingerprint density at radius 2 is 2.11 bits per heavy atom. The van der Waals surface area contributed by atoms with Crippen LogP contribution in [0.5, 0.6) is 0 Å². The highest BCUT2D eigenvalue weighted by molar-refractivity contribution is 4.93. The standard InChI is InChI=1S/C7H15NO/c1-5-6(9)7(2,3)4-8-5/h5-6,8-9H,4H2,1-3H3/t5-,6-/m1/s1. The van der Waals surface area contributed by atoms with E-state index in [-0.39, 0.29) is 17.6 Å². The Morgan fingerprint density at radius 3 is 2.22 bits per heavy atom. The summed E-state index contributed by atoms with van der Waals surface area (Å²) < 4.78 is 0. The van der Waals surface area contributed by atoms with E-state index < -0.39 is 0 Å². The van der Waals surface area contributed by atoms with Gasteiger partial charge in [0.1, 0.15) is 0 Å². The second-order valence-electron chi connectivity index (χ2n) is 3.60. The first-order chi connectivity index (χ1) is 4.04. The summed E-state index contributed by atoms with van der Waals surface area (Å²) in [6.45, 7) is 7.09. The summed E-state index contributed by atoms with van der Waals surface area (Å²) in [4.78, 5) is 0. The Balaban J connectivity index is 2.62. The van der Waals surface area contributed by atoms with Crippen molar-refractivity contribution in [3.63, 3.8) is 0 Å². The number of aliphatic hydroxyl groups is 1. The molecule has 0 radical (unpaired) electrons. The lowest BCUT2D eigenvalue weighted by atomic mass is 9.88. The molecular formula is C7H15NO. The van der Waals surface area contributed by atoms with Gasteiger partial charge in [0.2, 0.25) is 0 Å². The second-order valence-corrected chi connectivity index (χ2v) is 3.60. The molecule has 1 rings (SSSR count). The molecule has 54 valence electrons. The van der Waals surface area contributed by atoms with Gasteiger partial charge in [-0.05, 0) is 6.92 Å². The maximum Gasteiger partial charge on any atom is 0.0753 e. The second kappa shape index (κ2) is 1.96. The molecule has 2 N–H and O–H groups in total. The first-order valence-corrected chi connectivity index (χ1v) is 3.45. The Morgan fingerprint density at radius 1 is 1.56 bits per heavy atom. The van der Waals surface area contributed by atoms with Gasteiger partial charge >= 0.3 is 0 Å². The van der Waals surface area contributed by atoms with Gasteiger partial charge in [0.05, 0.1) is 6.10 Å². The molecule has 2 heteroatoms. The lowest BCUT2D eigenvalue weighted by Gasteiger charge is -2.22. The van der Waals surface area contributed by atoms with E-state index in [1.165, 1.54) is 0 Å². The van der Waals surface area contributed by atoms with Crippen LogP contribution in [0.15, 0.2) is 0 Å². The number of hydrogen-bond acceptors (Lipinski definition) is 2. The summed E-state index contributed by atoms with van der Waals surface area (Å²) >= 11 is 0. The fraction of sp³-hybridized carbons (Fsp3) is 1.00. The summed E-state index contributed by atoms with van der Waals surface area (Å²) in [6, 6.07) is 0.264. The van der Waals surface area contributed by atoms with Crippen LogP contribution < -0.4 is 5.32 Å². The van der Waals surface area contributed by atoms with E-state index in [4.69, 9.17) is 0 Å². The number of hydrogen-bond donors (Lipinski definition) is 2. The monoisotopic (exact) mass is 129 g/mol. The minimum atomic E-state index is -0.183. The third kappa shape index (κ3) is 1.10. The van der Waals surface area contributed by atoms with Crippen molar-refractivity contribution in [3.05, 3.63) is 0 Å². The molecule has 0 saturated carbocycles. The van der Waals surface area contributed by atoms with Crippen molar-refractivity contribution < 1.29 is 5.11 Å². The maximum atomic E-state index is 9.46. The highest BCUT2D eigenvalue weighted by Gasteiger charge is 2.37. The molecule has 0 unspecified atom stereocenters. The van der Waals surface area contributed by atoms with E-state index in [9.17, 15) is 5.11 Å². The third-order valence-corrected chi connectivity index (χ3v) is 2.15. The number of nitrogens with one attached hydrogen (secondary N) is 1. The molecule has 0 aromatic carbocycles. The summed E-state index contributed by atoms with van der Waals surface area (Å²) in [7, 11) is 0. The van der Waals surface area contributed by atoms with E-state index in [2.05, 4.69) is 19.2 Å². The van der Waals surface area contributed by atoms with Crippen LogP contribution in [-0.4, -0.2) is 23.8 Å². The van der Waals surface area contributed by atoms with Crippen molar-refractivity contribution in [1.82, 2.24) is 5.32 Å². The van der Waals surface area contributed by atoms with Crippen molar-refractivity contribution in [2.24, 2.45) is 5.41 Å². The van der Waals surface area contributed by atoms with Crippen molar-refractivity contribution in [1.29, 1.82) is 0 Å². The topological polar surface area (TPSA) is 32.3 Å². The highest BCUT2D eigenvalue weighted by atomic mass is 16.3. The molecule has 2 atom stereocenters. The number of rotatable bonds is 0. The molecule has 1 aliphatic heterocycles. The molecule has 0 aliphatic carbocycles.